The van der Waals surface area contributed by atoms with E-state index in [1.54, 1.807) is 0 Å². The van der Waals surface area contributed by atoms with Gasteiger partial charge in [0.2, 0.25) is 5.91 Å². The lowest BCUT2D eigenvalue weighted by molar-refractivity contribution is -0.272. The molecule has 1 N–H and O–H groups in total. The normalized spacial score (nSPS) is 19.4. The summed E-state index contributed by atoms with van der Waals surface area (Å²) in [5, 5.41) is 9.74. The van der Waals surface area contributed by atoms with E-state index < -0.39 is 30.7 Å². The highest BCUT2D eigenvalue weighted by molar-refractivity contribution is 5.83. The Bertz CT molecular complexity index is 555. The molecule has 0 aliphatic carbocycles. The van der Waals surface area contributed by atoms with Crippen LogP contribution in [0.2, 0.25) is 0 Å². The van der Waals surface area contributed by atoms with Gasteiger partial charge in [-0.15, -0.1) is 0 Å². The van der Waals surface area contributed by atoms with E-state index in [1.807, 2.05) is 49.2 Å². The highest BCUT2D eigenvalue weighted by Gasteiger charge is 2.55. The van der Waals surface area contributed by atoms with Crippen LogP contribution in [0, 0.1) is 0 Å². The largest absolute Gasteiger partial charge is 0.417 e. The van der Waals surface area contributed by atoms with Crippen LogP contribution in [0.4, 0.5) is 13.2 Å². The van der Waals surface area contributed by atoms with Crippen molar-refractivity contribution in [3.63, 3.8) is 0 Å². The molecule has 0 aromatic heterocycles. The molecule has 1 aromatic rings. The van der Waals surface area contributed by atoms with Gasteiger partial charge in [-0.25, -0.2) is 0 Å². The minimum Gasteiger partial charge on any atom is -0.380 e. The number of halogens is 3. The molecule has 0 bridgehead atoms. The number of amides is 1. The maximum absolute atomic E-state index is 12.9. The van der Waals surface area contributed by atoms with E-state index in [-0.39, 0.29) is 19.0 Å². The molecule has 1 saturated heterocycles. The number of aliphatic hydroxyl groups is 1. The van der Waals surface area contributed by atoms with Gasteiger partial charge in [-0.1, -0.05) is 37.3 Å². The Labute approximate surface area is 139 Å². The summed E-state index contributed by atoms with van der Waals surface area (Å²) in [4.78, 5) is 16.2. The molecule has 1 fully saturated rings. The molecule has 1 atom stereocenters. The average molecular weight is 344 g/mol. The van der Waals surface area contributed by atoms with Gasteiger partial charge in [0.05, 0.1) is 0 Å². The summed E-state index contributed by atoms with van der Waals surface area (Å²) in [7, 11) is 1.81. The highest BCUT2D eigenvalue weighted by atomic mass is 19.4. The van der Waals surface area contributed by atoms with Crippen molar-refractivity contribution in [3.05, 3.63) is 35.9 Å². The van der Waals surface area contributed by atoms with Gasteiger partial charge in [0.1, 0.15) is 6.04 Å². The van der Waals surface area contributed by atoms with Crippen molar-refractivity contribution in [2.45, 2.75) is 37.6 Å². The van der Waals surface area contributed by atoms with Crippen LogP contribution < -0.4 is 0 Å². The van der Waals surface area contributed by atoms with Crippen molar-refractivity contribution in [2.75, 3.05) is 26.7 Å². The topological polar surface area (TPSA) is 43.8 Å². The standard InChI is InChI=1S/C17H23F3N2O2/c1-3-21(2)14(13-7-5-4-6-8-13)15(23)22-11-9-16(24,10-12-22)17(18,19)20/h4-8,14,24H,3,9-12H2,1-2H3. The molecule has 24 heavy (non-hydrogen) atoms. The monoisotopic (exact) mass is 344 g/mol. The van der Waals surface area contributed by atoms with Crippen LogP contribution in [-0.4, -0.2) is 59.3 Å². The van der Waals surface area contributed by atoms with Gasteiger partial charge in [0.15, 0.2) is 5.60 Å². The van der Waals surface area contributed by atoms with Crippen LogP contribution >= 0.6 is 0 Å². The lowest BCUT2D eigenvalue weighted by Crippen LogP contribution is -2.55. The molecule has 7 heteroatoms. The van der Waals surface area contributed by atoms with Gasteiger partial charge >= 0.3 is 6.18 Å². The molecule has 1 amide bonds. The smallest absolute Gasteiger partial charge is 0.380 e. The Morgan fingerprint density at radius 3 is 2.29 bits per heavy atom. The third kappa shape index (κ3) is 3.72. The van der Waals surface area contributed by atoms with E-state index in [0.29, 0.717) is 6.54 Å². The van der Waals surface area contributed by atoms with Crippen molar-refractivity contribution in [2.24, 2.45) is 0 Å². The van der Waals surface area contributed by atoms with Gasteiger partial charge in [0, 0.05) is 25.9 Å². The van der Waals surface area contributed by atoms with Crippen molar-refractivity contribution < 1.29 is 23.1 Å². The Balaban J connectivity index is 2.15. The van der Waals surface area contributed by atoms with Crippen molar-refractivity contribution >= 4 is 5.91 Å². The van der Waals surface area contributed by atoms with Crippen LogP contribution in [0.25, 0.3) is 0 Å². The Hall–Kier alpha value is -1.60. The van der Waals surface area contributed by atoms with E-state index >= 15 is 0 Å². The SMILES string of the molecule is CCN(C)C(C(=O)N1CCC(O)(C(F)(F)F)CC1)c1ccccc1. The predicted octanol–water partition coefficient (Wildman–Crippen LogP) is 2.60. The number of piperidine rings is 1. The van der Waals surface area contributed by atoms with Gasteiger partial charge in [0.25, 0.3) is 0 Å². The minimum atomic E-state index is -4.67. The number of hydrogen-bond acceptors (Lipinski definition) is 3. The van der Waals surface area contributed by atoms with Crippen LogP contribution in [0.15, 0.2) is 30.3 Å². The zero-order chi connectivity index (χ0) is 18.0. The highest BCUT2D eigenvalue weighted by Crippen LogP contribution is 2.39. The van der Waals surface area contributed by atoms with Gasteiger partial charge in [-0.05, 0) is 19.2 Å². The summed E-state index contributed by atoms with van der Waals surface area (Å²) >= 11 is 0. The van der Waals surface area contributed by atoms with E-state index in [0.717, 1.165) is 5.56 Å². The van der Waals surface area contributed by atoms with Crippen molar-refractivity contribution in [3.8, 4) is 0 Å². The average Bonchev–Trinajstić information content (AvgIpc) is 2.55. The molecule has 1 aromatic carbocycles. The lowest BCUT2D eigenvalue weighted by atomic mass is 9.90. The Morgan fingerprint density at radius 2 is 1.83 bits per heavy atom. The van der Waals surface area contributed by atoms with Crippen LogP contribution in [0.3, 0.4) is 0 Å². The first-order valence-corrected chi connectivity index (χ1v) is 8.02. The third-order valence-electron chi connectivity index (χ3n) is 4.72. The van der Waals surface area contributed by atoms with Crippen LogP contribution in [-0.2, 0) is 4.79 Å². The van der Waals surface area contributed by atoms with Gasteiger partial charge in [-0.3, -0.25) is 9.69 Å². The zero-order valence-electron chi connectivity index (χ0n) is 13.9. The predicted molar refractivity (Wildman–Crippen MR) is 84.3 cm³/mol. The summed E-state index contributed by atoms with van der Waals surface area (Å²) in [6.07, 6.45) is -5.64. The number of carbonyl (C=O) groups excluding carboxylic acids is 1. The molecule has 0 saturated carbocycles. The van der Waals surface area contributed by atoms with Crippen molar-refractivity contribution in [1.82, 2.24) is 9.80 Å². The summed E-state index contributed by atoms with van der Waals surface area (Å²) < 4.78 is 38.7. The zero-order valence-corrected chi connectivity index (χ0v) is 13.9. The molecule has 1 unspecified atom stereocenters. The van der Waals surface area contributed by atoms with E-state index in [4.69, 9.17) is 0 Å². The summed E-state index contributed by atoms with van der Waals surface area (Å²) in [5.74, 6) is -0.227. The molecular weight excluding hydrogens is 321 g/mol. The number of rotatable bonds is 4. The van der Waals surface area contributed by atoms with E-state index in [2.05, 4.69) is 0 Å². The van der Waals surface area contributed by atoms with E-state index in [1.165, 1.54) is 4.90 Å². The van der Waals surface area contributed by atoms with Crippen molar-refractivity contribution in [1.29, 1.82) is 0 Å². The molecule has 1 aliphatic rings. The fourth-order valence-electron chi connectivity index (χ4n) is 2.96. The van der Waals surface area contributed by atoms with Crippen LogP contribution in [0.1, 0.15) is 31.4 Å². The number of nitrogens with zero attached hydrogens (tertiary/aromatic N) is 2. The maximum atomic E-state index is 12.9. The molecule has 0 radical (unpaired) electrons. The second kappa shape index (κ2) is 7.11. The fraction of sp³-hybridized carbons (Fsp3) is 0.588. The number of hydrogen-bond donors (Lipinski definition) is 1. The number of likely N-dealkylation sites (N-methyl/N-ethyl adjacent to an activating group) is 1. The molecular formula is C17H23F3N2O2. The molecule has 134 valence electrons. The van der Waals surface area contributed by atoms with E-state index in [9.17, 15) is 23.1 Å². The first-order valence-electron chi connectivity index (χ1n) is 8.02. The van der Waals surface area contributed by atoms with Gasteiger partial charge < -0.3 is 10.0 Å². The maximum Gasteiger partial charge on any atom is 0.417 e. The van der Waals surface area contributed by atoms with Crippen LogP contribution in [0.5, 0.6) is 0 Å². The molecule has 4 nitrogen and oxygen atoms in total. The summed E-state index contributed by atoms with van der Waals surface area (Å²) in [6.45, 7) is 2.35. The Kier molecular flexibility index (Phi) is 5.55. The number of benzene rings is 1. The quantitative estimate of drug-likeness (QED) is 0.913. The first-order chi connectivity index (χ1) is 11.2. The van der Waals surface area contributed by atoms with Gasteiger partial charge in [-0.2, -0.15) is 13.2 Å². The first kappa shape index (κ1) is 18.7. The molecule has 1 heterocycles. The lowest BCUT2D eigenvalue weighted by Gasteiger charge is -2.41. The number of likely N-dealkylation sites (tertiary alicyclic amines) is 1. The second-order valence-electron chi connectivity index (χ2n) is 6.24. The molecule has 0 spiro atoms. The second-order valence-corrected chi connectivity index (χ2v) is 6.24. The molecule has 2 rings (SSSR count). The fourth-order valence-corrected chi connectivity index (χ4v) is 2.96. The summed E-state index contributed by atoms with van der Waals surface area (Å²) in [5.41, 5.74) is -1.88. The molecule has 1 aliphatic heterocycles. The number of alkyl halides is 3. The third-order valence-corrected chi connectivity index (χ3v) is 4.72. The number of carbonyl (C=O) groups is 1. The minimum absolute atomic E-state index is 0.101. The Morgan fingerprint density at radius 1 is 1.29 bits per heavy atom. The summed E-state index contributed by atoms with van der Waals surface area (Å²) in [6, 6.07) is 8.65.